The van der Waals surface area contributed by atoms with Crippen LogP contribution in [-0.2, 0) is 29.1 Å². The van der Waals surface area contributed by atoms with Gasteiger partial charge in [-0.15, -0.1) is 0 Å². The van der Waals surface area contributed by atoms with E-state index in [0.717, 1.165) is 32.1 Å². The summed E-state index contributed by atoms with van der Waals surface area (Å²) in [7, 11) is -3.60. The summed E-state index contributed by atoms with van der Waals surface area (Å²) in [5, 5.41) is 5.27. The molecule has 1 heterocycles. The number of rotatable bonds is 7. The van der Waals surface area contributed by atoms with E-state index < -0.39 is 34.0 Å². The second-order valence-electron chi connectivity index (χ2n) is 8.09. The van der Waals surface area contributed by atoms with E-state index in [1.54, 1.807) is 12.1 Å². The van der Waals surface area contributed by atoms with Gasteiger partial charge in [0.1, 0.15) is 5.54 Å². The highest BCUT2D eigenvalue weighted by atomic mass is 32.2. The summed E-state index contributed by atoms with van der Waals surface area (Å²) in [5.41, 5.74) is -0.788. The van der Waals surface area contributed by atoms with Gasteiger partial charge in [-0.1, -0.05) is 25.3 Å². The third-order valence-corrected chi connectivity index (χ3v) is 7.56. The van der Waals surface area contributed by atoms with Crippen molar-refractivity contribution in [1.82, 2.24) is 9.62 Å². The Labute approximate surface area is 182 Å². The lowest BCUT2D eigenvalue weighted by molar-refractivity contribution is -0.157. The van der Waals surface area contributed by atoms with Crippen LogP contribution in [-0.4, -0.2) is 55.7 Å². The molecule has 0 radical (unpaired) electrons. The number of carbonyl (C=O) groups excluding carboxylic acids is 3. The van der Waals surface area contributed by atoms with Crippen LogP contribution in [0.4, 0.5) is 5.69 Å². The van der Waals surface area contributed by atoms with E-state index in [1.807, 2.05) is 0 Å². The Bertz CT molecular complexity index is 934. The molecule has 2 aliphatic rings. The predicted molar refractivity (Wildman–Crippen MR) is 114 cm³/mol. The number of ether oxygens (including phenoxy) is 1. The first-order valence-corrected chi connectivity index (χ1v) is 12.0. The summed E-state index contributed by atoms with van der Waals surface area (Å²) >= 11 is 0. The van der Waals surface area contributed by atoms with Crippen molar-refractivity contribution in [2.24, 2.45) is 0 Å². The van der Waals surface area contributed by atoms with Crippen LogP contribution in [0.3, 0.4) is 0 Å². The monoisotopic (exact) mass is 451 g/mol. The van der Waals surface area contributed by atoms with Crippen LogP contribution in [0.15, 0.2) is 29.2 Å². The van der Waals surface area contributed by atoms with Gasteiger partial charge in [-0.3, -0.25) is 9.59 Å². The van der Waals surface area contributed by atoms with Crippen LogP contribution in [0.5, 0.6) is 0 Å². The molecule has 1 aromatic carbocycles. The molecule has 0 bridgehead atoms. The maximum Gasteiger partial charge on any atom is 0.332 e. The van der Waals surface area contributed by atoms with E-state index in [-0.39, 0.29) is 10.8 Å². The molecule has 10 heteroatoms. The standard InChI is InChI=1S/C21H29N3O6S/c1-16(25)23-21(10-3-2-4-11-21)20(27)30-15-19(26)22-17-8-7-9-18(14-17)31(28,29)24-12-5-6-13-24/h7-9,14H,2-6,10-13,15H2,1H3,(H,22,26)(H,23,25). The molecule has 1 saturated carbocycles. The van der Waals surface area contributed by atoms with Gasteiger partial charge in [0.25, 0.3) is 5.91 Å². The largest absolute Gasteiger partial charge is 0.454 e. The van der Waals surface area contributed by atoms with E-state index in [0.29, 0.717) is 31.6 Å². The third kappa shape index (κ3) is 5.62. The molecule has 170 valence electrons. The van der Waals surface area contributed by atoms with Crippen LogP contribution in [0.1, 0.15) is 51.9 Å². The van der Waals surface area contributed by atoms with Gasteiger partial charge in [-0.2, -0.15) is 4.31 Å². The lowest BCUT2D eigenvalue weighted by Gasteiger charge is -2.35. The smallest absolute Gasteiger partial charge is 0.332 e. The minimum absolute atomic E-state index is 0.107. The zero-order valence-electron chi connectivity index (χ0n) is 17.7. The fourth-order valence-corrected chi connectivity index (χ4v) is 5.71. The van der Waals surface area contributed by atoms with Crippen LogP contribution in [0.2, 0.25) is 0 Å². The summed E-state index contributed by atoms with van der Waals surface area (Å²) in [6.07, 6.45) is 5.18. The van der Waals surface area contributed by atoms with Crippen molar-refractivity contribution in [2.45, 2.75) is 62.3 Å². The topological polar surface area (TPSA) is 122 Å². The van der Waals surface area contributed by atoms with Crippen LogP contribution in [0.25, 0.3) is 0 Å². The number of benzene rings is 1. The fraction of sp³-hybridized carbons (Fsp3) is 0.571. The van der Waals surface area contributed by atoms with E-state index in [4.69, 9.17) is 4.74 Å². The molecule has 2 amide bonds. The quantitative estimate of drug-likeness (QED) is 0.610. The number of hydrogen-bond donors (Lipinski definition) is 2. The first-order chi connectivity index (χ1) is 14.7. The van der Waals surface area contributed by atoms with Gasteiger partial charge < -0.3 is 15.4 Å². The first kappa shape index (κ1) is 23.2. The molecule has 2 N–H and O–H groups in total. The van der Waals surface area contributed by atoms with Gasteiger partial charge in [0.15, 0.2) is 6.61 Å². The van der Waals surface area contributed by atoms with E-state index >= 15 is 0 Å². The normalized spacial score (nSPS) is 18.9. The molecule has 31 heavy (non-hydrogen) atoms. The average molecular weight is 452 g/mol. The number of amides is 2. The minimum atomic E-state index is -3.60. The van der Waals surface area contributed by atoms with Crippen molar-refractivity contribution in [2.75, 3.05) is 25.0 Å². The fourth-order valence-electron chi connectivity index (χ4n) is 4.15. The number of hydrogen-bond acceptors (Lipinski definition) is 6. The van der Waals surface area contributed by atoms with Crippen molar-refractivity contribution in [3.63, 3.8) is 0 Å². The van der Waals surface area contributed by atoms with Gasteiger partial charge in [0.05, 0.1) is 4.90 Å². The van der Waals surface area contributed by atoms with Gasteiger partial charge in [0, 0.05) is 25.7 Å². The van der Waals surface area contributed by atoms with Crippen molar-refractivity contribution >= 4 is 33.5 Å². The zero-order valence-corrected chi connectivity index (χ0v) is 18.5. The highest BCUT2D eigenvalue weighted by Gasteiger charge is 2.42. The van der Waals surface area contributed by atoms with Crippen molar-refractivity contribution in [3.05, 3.63) is 24.3 Å². The molecule has 0 spiro atoms. The minimum Gasteiger partial charge on any atom is -0.454 e. The second-order valence-corrected chi connectivity index (χ2v) is 10.0. The van der Waals surface area contributed by atoms with Crippen LogP contribution < -0.4 is 10.6 Å². The van der Waals surface area contributed by atoms with Crippen molar-refractivity contribution in [3.8, 4) is 0 Å². The molecular formula is C21H29N3O6S. The molecule has 1 saturated heterocycles. The summed E-state index contributed by atoms with van der Waals surface area (Å²) < 4.78 is 32.0. The molecule has 1 aromatic rings. The number of carbonyl (C=O) groups is 3. The molecule has 1 aliphatic heterocycles. The molecule has 0 unspecified atom stereocenters. The molecule has 1 aliphatic carbocycles. The number of sulfonamides is 1. The highest BCUT2D eigenvalue weighted by Crippen LogP contribution is 2.29. The molecule has 9 nitrogen and oxygen atoms in total. The zero-order chi connectivity index (χ0) is 22.5. The Hall–Kier alpha value is -2.46. The number of nitrogens with zero attached hydrogens (tertiary/aromatic N) is 1. The highest BCUT2D eigenvalue weighted by molar-refractivity contribution is 7.89. The number of nitrogens with one attached hydrogen (secondary N) is 2. The molecule has 3 rings (SSSR count). The molecule has 0 atom stereocenters. The molecular weight excluding hydrogens is 422 g/mol. The molecule has 0 aromatic heterocycles. The van der Waals surface area contributed by atoms with Gasteiger partial charge in [0.2, 0.25) is 15.9 Å². The Morgan fingerprint density at radius 3 is 2.39 bits per heavy atom. The summed E-state index contributed by atoms with van der Waals surface area (Å²) in [6, 6.07) is 6.01. The average Bonchev–Trinajstić information content (AvgIpc) is 3.28. The lowest BCUT2D eigenvalue weighted by Crippen LogP contribution is -2.56. The molecule has 2 fully saturated rings. The van der Waals surface area contributed by atoms with Crippen LogP contribution in [0, 0.1) is 0 Å². The maximum atomic E-state index is 12.7. The number of anilines is 1. The Balaban J connectivity index is 1.60. The predicted octanol–water partition coefficient (Wildman–Crippen LogP) is 1.79. The van der Waals surface area contributed by atoms with E-state index in [2.05, 4.69) is 10.6 Å². The Kier molecular flexibility index (Phi) is 7.32. The van der Waals surface area contributed by atoms with Crippen LogP contribution >= 0.6 is 0 Å². The van der Waals surface area contributed by atoms with E-state index in [9.17, 15) is 22.8 Å². The van der Waals surface area contributed by atoms with Gasteiger partial charge in [-0.05, 0) is 43.9 Å². The number of esters is 1. The third-order valence-electron chi connectivity index (χ3n) is 5.67. The van der Waals surface area contributed by atoms with Gasteiger partial charge in [-0.25, -0.2) is 13.2 Å². The Morgan fingerprint density at radius 2 is 1.74 bits per heavy atom. The lowest BCUT2D eigenvalue weighted by atomic mass is 9.81. The first-order valence-electron chi connectivity index (χ1n) is 10.6. The van der Waals surface area contributed by atoms with Gasteiger partial charge >= 0.3 is 5.97 Å². The summed E-state index contributed by atoms with van der Waals surface area (Å²) in [5.74, 6) is -1.53. The second kappa shape index (κ2) is 9.78. The summed E-state index contributed by atoms with van der Waals surface area (Å²) in [6.45, 7) is 1.80. The summed E-state index contributed by atoms with van der Waals surface area (Å²) in [4.78, 5) is 36.6. The SMILES string of the molecule is CC(=O)NC1(C(=O)OCC(=O)Nc2cccc(S(=O)(=O)N3CCCC3)c2)CCCCC1. The Morgan fingerprint density at radius 1 is 1.06 bits per heavy atom. The van der Waals surface area contributed by atoms with Crippen molar-refractivity contribution in [1.29, 1.82) is 0 Å². The van der Waals surface area contributed by atoms with Crippen molar-refractivity contribution < 1.29 is 27.5 Å². The van der Waals surface area contributed by atoms with E-state index in [1.165, 1.54) is 23.4 Å². The maximum absolute atomic E-state index is 12.7.